The fourth-order valence-corrected chi connectivity index (χ4v) is 2.36. The van der Waals surface area contributed by atoms with Crippen LogP contribution < -0.4 is 14.2 Å². The highest BCUT2D eigenvalue weighted by Gasteiger charge is 2.23. The maximum Gasteiger partial charge on any atom is 0.339 e. The van der Waals surface area contributed by atoms with E-state index in [1.165, 1.54) is 6.07 Å². The Morgan fingerprint density at radius 3 is 2.90 bits per heavy atom. The van der Waals surface area contributed by atoms with Crippen molar-refractivity contribution in [1.29, 1.82) is 0 Å². The molecule has 2 aliphatic heterocycles. The van der Waals surface area contributed by atoms with Crippen molar-refractivity contribution in [3.63, 3.8) is 0 Å². The largest absolute Gasteiger partial charge is 0.490 e. The quantitative estimate of drug-likeness (QED) is 0.881. The van der Waals surface area contributed by atoms with E-state index in [2.05, 4.69) is 4.90 Å². The van der Waals surface area contributed by atoms with E-state index in [1.807, 2.05) is 7.05 Å². The van der Waals surface area contributed by atoms with Crippen LogP contribution in [0.1, 0.15) is 10.4 Å². The third kappa shape index (κ3) is 3.03. The van der Waals surface area contributed by atoms with Crippen LogP contribution in [0.2, 0.25) is 0 Å². The van der Waals surface area contributed by atoms with Gasteiger partial charge in [0.25, 0.3) is 0 Å². The van der Waals surface area contributed by atoms with Gasteiger partial charge in [0.1, 0.15) is 24.0 Å². The Bertz CT molecular complexity index is 547. The molecule has 7 heteroatoms. The van der Waals surface area contributed by atoms with Crippen LogP contribution in [0.15, 0.2) is 12.1 Å². The highest BCUT2D eigenvalue weighted by molar-refractivity contribution is 5.92. The zero-order valence-corrected chi connectivity index (χ0v) is 11.7. The van der Waals surface area contributed by atoms with Gasteiger partial charge in [0.05, 0.1) is 6.61 Å². The summed E-state index contributed by atoms with van der Waals surface area (Å²) >= 11 is 0. The topological polar surface area (TPSA) is 77.5 Å². The molecule has 1 atom stereocenters. The van der Waals surface area contributed by atoms with Crippen molar-refractivity contribution in [2.45, 2.75) is 6.10 Å². The molecular weight excluding hydrogens is 278 g/mol. The first-order valence-corrected chi connectivity index (χ1v) is 6.73. The molecule has 1 aromatic carbocycles. The van der Waals surface area contributed by atoms with Gasteiger partial charge in [-0.2, -0.15) is 0 Å². The number of benzene rings is 1. The minimum atomic E-state index is -1.06. The summed E-state index contributed by atoms with van der Waals surface area (Å²) in [6, 6.07) is 2.98. The van der Waals surface area contributed by atoms with Crippen LogP contribution in [0.25, 0.3) is 0 Å². The molecule has 0 aliphatic carbocycles. The van der Waals surface area contributed by atoms with Crippen LogP contribution in [0.3, 0.4) is 0 Å². The van der Waals surface area contributed by atoms with Crippen molar-refractivity contribution >= 4 is 5.97 Å². The molecule has 0 spiro atoms. The highest BCUT2D eigenvalue weighted by Crippen LogP contribution is 2.38. The van der Waals surface area contributed by atoms with Gasteiger partial charge in [-0.25, -0.2) is 4.79 Å². The van der Waals surface area contributed by atoms with Crippen LogP contribution in [-0.2, 0) is 4.74 Å². The number of morpholine rings is 1. The number of carboxylic acids is 1. The van der Waals surface area contributed by atoms with E-state index in [4.69, 9.17) is 18.9 Å². The van der Waals surface area contributed by atoms with E-state index in [1.54, 1.807) is 6.07 Å². The van der Waals surface area contributed by atoms with Crippen molar-refractivity contribution in [1.82, 2.24) is 4.90 Å². The molecule has 1 saturated heterocycles. The molecule has 0 bridgehead atoms. The molecule has 2 heterocycles. The Kier molecular flexibility index (Phi) is 3.85. The Morgan fingerprint density at radius 1 is 1.43 bits per heavy atom. The van der Waals surface area contributed by atoms with Gasteiger partial charge < -0.3 is 29.0 Å². The maximum absolute atomic E-state index is 11.3. The van der Waals surface area contributed by atoms with Crippen molar-refractivity contribution in [3.05, 3.63) is 17.7 Å². The Morgan fingerprint density at radius 2 is 2.19 bits per heavy atom. The lowest BCUT2D eigenvalue weighted by molar-refractivity contribution is -0.0405. The molecule has 1 N–H and O–H groups in total. The first-order chi connectivity index (χ1) is 10.1. The van der Waals surface area contributed by atoms with Crippen LogP contribution in [-0.4, -0.2) is 62.2 Å². The molecule has 0 radical (unpaired) electrons. The van der Waals surface area contributed by atoms with Crippen LogP contribution in [0.4, 0.5) is 0 Å². The van der Waals surface area contributed by atoms with Gasteiger partial charge in [-0.15, -0.1) is 0 Å². The number of ether oxygens (including phenoxy) is 4. The molecule has 1 fully saturated rings. The van der Waals surface area contributed by atoms with Crippen LogP contribution in [0, 0.1) is 0 Å². The lowest BCUT2D eigenvalue weighted by Gasteiger charge is -2.29. The normalized spacial score (nSPS) is 21.3. The predicted octanol–water partition coefficient (Wildman–Crippen LogP) is 0.823. The van der Waals surface area contributed by atoms with E-state index < -0.39 is 5.97 Å². The van der Waals surface area contributed by atoms with Crippen molar-refractivity contribution in [3.8, 4) is 17.2 Å². The Balaban J connectivity index is 1.73. The highest BCUT2D eigenvalue weighted by atomic mass is 16.7. The monoisotopic (exact) mass is 295 g/mol. The fraction of sp³-hybridized carbons (Fsp3) is 0.500. The molecule has 1 aromatic rings. The van der Waals surface area contributed by atoms with E-state index in [0.29, 0.717) is 24.7 Å². The van der Waals surface area contributed by atoms with Gasteiger partial charge in [0.15, 0.2) is 11.5 Å². The number of rotatable bonds is 4. The van der Waals surface area contributed by atoms with E-state index in [-0.39, 0.29) is 24.2 Å². The zero-order chi connectivity index (χ0) is 14.8. The standard InChI is InChI=1S/C14H17NO6/c1-15-2-3-18-9(6-15)7-19-11-5-13-12(20-8-21-13)4-10(11)14(16)17/h4-5,9H,2-3,6-8H2,1H3,(H,16,17). The number of nitrogens with zero attached hydrogens (tertiary/aromatic N) is 1. The number of likely N-dealkylation sites (N-methyl/N-ethyl adjacent to an activating group) is 1. The minimum absolute atomic E-state index is 0.0587. The number of carbonyl (C=O) groups is 1. The van der Waals surface area contributed by atoms with Gasteiger partial charge in [-0.05, 0) is 7.05 Å². The van der Waals surface area contributed by atoms with Crippen molar-refractivity contribution in [2.75, 3.05) is 40.1 Å². The van der Waals surface area contributed by atoms with Crippen LogP contribution in [0.5, 0.6) is 17.2 Å². The summed E-state index contributed by atoms with van der Waals surface area (Å²) in [7, 11) is 2.01. The molecule has 0 aromatic heterocycles. The first kappa shape index (κ1) is 14.0. The van der Waals surface area contributed by atoms with Crippen molar-refractivity contribution < 1.29 is 28.8 Å². The molecule has 2 aliphatic rings. The number of fused-ring (bicyclic) bond motifs is 1. The minimum Gasteiger partial charge on any atom is -0.490 e. The Labute approximate surface area is 122 Å². The smallest absolute Gasteiger partial charge is 0.339 e. The molecule has 0 saturated carbocycles. The van der Waals surface area contributed by atoms with Crippen molar-refractivity contribution in [2.24, 2.45) is 0 Å². The van der Waals surface area contributed by atoms with Gasteiger partial charge >= 0.3 is 5.97 Å². The predicted molar refractivity (Wildman–Crippen MR) is 72.3 cm³/mol. The van der Waals surface area contributed by atoms with Gasteiger partial charge in [-0.1, -0.05) is 0 Å². The number of aromatic carboxylic acids is 1. The summed E-state index contributed by atoms with van der Waals surface area (Å²) in [6.07, 6.45) is -0.0733. The molecular formula is C14H17NO6. The molecule has 7 nitrogen and oxygen atoms in total. The third-order valence-corrected chi connectivity index (χ3v) is 3.47. The number of carboxylic acid groups (broad SMARTS) is 1. The third-order valence-electron chi connectivity index (χ3n) is 3.47. The maximum atomic E-state index is 11.3. The summed E-state index contributed by atoms with van der Waals surface area (Å²) in [6.45, 7) is 2.68. The summed E-state index contributed by atoms with van der Waals surface area (Å²) in [5.74, 6) is 0.124. The lowest BCUT2D eigenvalue weighted by atomic mass is 10.1. The second kappa shape index (κ2) is 5.79. The number of hydrogen-bond acceptors (Lipinski definition) is 6. The fourth-order valence-electron chi connectivity index (χ4n) is 2.36. The average Bonchev–Trinajstić information content (AvgIpc) is 2.91. The Hall–Kier alpha value is -1.99. The molecule has 3 rings (SSSR count). The summed E-state index contributed by atoms with van der Waals surface area (Å²) in [5, 5.41) is 9.26. The summed E-state index contributed by atoms with van der Waals surface area (Å²) in [4.78, 5) is 13.5. The number of hydrogen-bond donors (Lipinski definition) is 1. The SMILES string of the molecule is CN1CCOC(COc2cc3c(cc2C(=O)O)OCO3)C1. The van der Waals surface area contributed by atoms with Crippen LogP contribution >= 0.6 is 0 Å². The molecule has 114 valence electrons. The summed E-state index contributed by atoms with van der Waals surface area (Å²) in [5.41, 5.74) is 0.0587. The van der Waals surface area contributed by atoms with Gasteiger partial charge in [-0.3, -0.25) is 0 Å². The molecule has 21 heavy (non-hydrogen) atoms. The average molecular weight is 295 g/mol. The molecule has 1 unspecified atom stereocenters. The second-order valence-corrected chi connectivity index (χ2v) is 5.07. The van der Waals surface area contributed by atoms with Gasteiger partial charge in [0, 0.05) is 25.2 Å². The second-order valence-electron chi connectivity index (χ2n) is 5.07. The van der Waals surface area contributed by atoms with Gasteiger partial charge in [0.2, 0.25) is 6.79 Å². The van der Waals surface area contributed by atoms with E-state index in [9.17, 15) is 9.90 Å². The first-order valence-electron chi connectivity index (χ1n) is 6.73. The summed E-state index contributed by atoms with van der Waals surface area (Å²) < 4.78 is 21.7. The molecule has 0 amide bonds. The zero-order valence-electron chi connectivity index (χ0n) is 11.7. The lowest BCUT2D eigenvalue weighted by Crippen LogP contribution is -2.42. The van der Waals surface area contributed by atoms with E-state index in [0.717, 1.165) is 13.1 Å². The van der Waals surface area contributed by atoms with E-state index >= 15 is 0 Å².